The lowest BCUT2D eigenvalue weighted by Gasteiger charge is -2.23. The van der Waals surface area contributed by atoms with Crippen molar-refractivity contribution in [3.8, 4) is 0 Å². The second-order valence-electron chi connectivity index (χ2n) is 5.34. The van der Waals surface area contributed by atoms with E-state index in [1.165, 1.54) is 6.08 Å². The largest absolute Gasteiger partial charge is 0.377 e. The van der Waals surface area contributed by atoms with Crippen LogP contribution in [0, 0.1) is 10.1 Å². The van der Waals surface area contributed by atoms with E-state index in [9.17, 15) is 10.1 Å². The highest BCUT2D eigenvalue weighted by Gasteiger charge is 2.39. The van der Waals surface area contributed by atoms with Crippen molar-refractivity contribution in [2.24, 2.45) is 16.0 Å². The number of nitrogens with two attached hydrogens (primary N) is 1. The molecule has 1 aliphatic rings. The van der Waals surface area contributed by atoms with Crippen LogP contribution in [0.4, 0.5) is 5.69 Å². The molecule has 2 rings (SSSR count). The smallest absolute Gasteiger partial charge is 0.295 e. The minimum atomic E-state index is -1.61. The van der Waals surface area contributed by atoms with Crippen molar-refractivity contribution in [2.75, 3.05) is 13.2 Å². The summed E-state index contributed by atoms with van der Waals surface area (Å²) in [6.07, 6.45) is 3.83. The number of hydrogen-bond donors (Lipinski definition) is 1. The predicted molar refractivity (Wildman–Crippen MR) is 86.8 cm³/mol. The van der Waals surface area contributed by atoms with Crippen LogP contribution >= 0.6 is 0 Å². The maximum atomic E-state index is 11.1. The maximum absolute atomic E-state index is 11.1. The molecule has 0 saturated carbocycles. The molecule has 0 bridgehead atoms. The highest BCUT2D eigenvalue weighted by molar-refractivity contribution is 5.37. The van der Waals surface area contributed by atoms with Gasteiger partial charge in [0.15, 0.2) is 0 Å². The van der Waals surface area contributed by atoms with Gasteiger partial charge in [0, 0.05) is 17.6 Å². The molecule has 0 aliphatic heterocycles. The number of rotatable bonds is 7. The van der Waals surface area contributed by atoms with Gasteiger partial charge in [-0.1, -0.05) is 25.1 Å². The van der Waals surface area contributed by atoms with Crippen LogP contribution in [-0.2, 0) is 4.74 Å². The van der Waals surface area contributed by atoms with E-state index >= 15 is 0 Å². The molecule has 7 nitrogen and oxygen atoms in total. The minimum Gasteiger partial charge on any atom is -0.377 e. The van der Waals surface area contributed by atoms with E-state index in [2.05, 4.69) is 10.2 Å². The number of azo groups is 1. The lowest BCUT2D eigenvalue weighted by Crippen LogP contribution is -2.47. The fraction of sp³-hybridized carbons (Fsp3) is 0.375. The van der Waals surface area contributed by atoms with Crippen molar-refractivity contribution >= 4 is 5.69 Å². The van der Waals surface area contributed by atoms with Gasteiger partial charge in [-0.3, -0.25) is 15.8 Å². The topological polar surface area (TPSA) is 103 Å². The van der Waals surface area contributed by atoms with E-state index in [4.69, 9.17) is 10.5 Å². The van der Waals surface area contributed by atoms with Gasteiger partial charge < -0.3 is 4.74 Å². The normalized spacial score (nSPS) is 21.1. The molecule has 2 N–H and O–H groups in total. The summed E-state index contributed by atoms with van der Waals surface area (Å²) in [4.78, 5) is 10.7. The van der Waals surface area contributed by atoms with Crippen LogP contribution < -0.4 is 5.73 Å². The van der Waals surface area contributed by atoms with Crippen LogP contribution in [0.1, 0.15) is 19.8 Å². The van der Waals surface area contributed by atoms with Crippen molar-refractivity contribution in [1.29, 1.82) is 0 Å². The fourth-order valence-electron chi connectivity index (χ4n) is 2.13. The zero-order valence-corrected chi connectivity index (χ0v) is 13.0. The summed E-state index contributed by atoms with van der Waals surface area (Å²) < 4.78 is 5.51. The van der Waals surface area contributed by atoms with Crippen molar-refractivity contribution in [1.82, 2.24) is 0 Å². The highest BCUT2D eigenvalue weighted by Crippen LogP contribution is 2.28. The van der Waals surface area contributed by atoms with Gasteiger partial charge in [-0.15, -0.1) is 0 Å². The summed E-state index contributed by atoms with van der Waals surface area (Å²) >= 11 is 0. The lowest BCUT2D eigenvalue weighted by atomic mass is 9.94. The van der Waals surface area contributed by atoms with E-state index in [-0.39, 0.29) is 13.0 Å². The third-order valence-corrected chi connectivity index (χ3v) is 3.38. The van der Waals surface area contributed by atoms with Crippen molar-refractivity contribution in [2.45, 2.75) is 25.4 Å². The molecule has 0 heterocycles. The molecule has 7 heteroatoms. The molecule has 1 unspecified atom stereocenters. The van der Waals surface area contributed by atoms with E-state index in [0.717, 1.165) is 6.42 Å². The van der Waals surface area contributed by atoms with Crippen molar-refractivity contribution in [3.05, 3.63) is 63.9 Å². The SMILES string of the molecule is CCCOCC1=C(N=Nc2ccccc2)C=CC(N)([N+](=O)[O-])C1. The zero-order chi connectivity index (χ0) is 16.7. The van der Waals surface area contributed by atoms with Crippen LogP contribution in [0.5, 0.6) is 0 Å². The summed E-state index contributed by atoms with van der Waals surface area (Å²) in [5, 5.41) is 19.5. The first-order valence-corrected chi connectivity index (χ1v) is 7.44. The number of ether oxygens (including phenoxy) is 1. The van der Waals surface area contributed by atoms with Crippen LogP contribution in [0.3, 0.4) is 0 Å². The van der Waals surface area contributed by atoms with Crippen LogP contribution in [-0.4, -0.2) is 23.8 Å². The molecule has 122 valence electrons. The van der Waals surface area contributed by atoms with Crippen LogP contribution in [0.15, 0.2) is 64.0 Å². The van der Waals surface area contributed by atoms with Gasteiger partial charge in [-0.25, -0.2) is 0 Å². The standard InChI is InChI=1S/C16H20N4O3/c1-2-10-23-12-13-11-16(17,20(21)22)9-8-15(13)19-18-14-6-4-3-5-7-14/h3-9H,2,10-12,17H2,1H3. The Balaban J connectivity index is 2.22. The Bertz CT molecular complexity index is 640. The molecular weight excluding hydrogens is 296 g/mol. The van der Waals surface area contributed by atoms with Gasteiger partial charge >= 0.3 is 0 Å². The second-order valence-corrected chi connectivity index (χ2v) is 5.34. The van der Waals surface area contributed by atoms with Gasteiger partial charge in [-0.05, 0) is 30.2 Å². The van der Waals surface area contributed by atoms with Gasteiger partial charge in [0.1, 0.15) is 0 Å². The summed E-state index contributed by atoms with van der Waals surface area (Å²) in [6.45, 7) is 2.83. The van der Waals surface area contributed by atoms with Gasteiger partial charge in [-0.2, -0.15) is 10.2 Å². The Hall–Kier alpha value is -2.38. The second kappa shape index (κ2) is 7.75. The van der Waals surface area contributed by atoms with Crippen molar-refractivity contribution < 1.29 is 9.66 Å². The molecule has 0 fully saturated rings. The van der Waals surface area contributed by atoms with Crippen LogP contribution in [0.25, 0.3) is 0 Å². The van der Waals surface area contributed by atoms with E-state index in [0.29, 0.717) is 23.6 Å². The number of allylic oxidation sites excluding steroid dienone is 1. The third kappa shape index (κ3) is 4.54. The Morgan fingerprint density at radius 1 is 1.35 bits per heavy atom. The molecule has 0 radical (unpaired) electrons. The van der Waals surface area contributed by atoms with Gasteiger partial charge in [0.05, 0.1) is 24.4 Å². The number of nitro groups is 1. The molecule has 0 spiro atoms. The Kier molecular flexibility index (Phi) is 5.72. The van der Waals surface area contributed by atoms with Crippen molar-refractivity contribution in [3.63, 3.8) is 0 Å². The van der Waals surface area contributed by atoms with Crippen LogP contribution in [0.2, 0.25) is 0 Å². The summed E-state index contributed by atoms with van der Waals surface area (Å²) in [5.41, 5.74) is 6.16. The summed E-state index contributed by atoms with van der Waals surface area (Å²) in [5.74, 6) is 0. The summed E-state index contributed by atoms with van der Waals surface area (Å²) in [6, 6.07) is 9.27. The number of hydrogen-bond acceptors (Lipinski definition) is 6. The van der Waals surface area contributed by atoms with E-state index in [1.54, 1.807) is 6.08 Å². The number of benzene rings is 1. The molecule has 1 aromatic carbocycles. The summed E-state index contributed by atoms with van der Waals surface area (Å²) in [7, 11) is 0. The first kappa shape index (κ1) is 17.0. The highest BCUT2D eigenvalue weighted by atomic mass is 16.6. The van der Waals surface area contributed by atoms with Gasteiger partial charge in [0.25, 0.3) is 5.66 Å². The van der Waals surface area contributed by atoms with E-state index in [1.807, 2.05) is 37.3 Å². The molecule has 1 atom stereocenters. The molecular formula is C16H20N4O3. The number of nitrogens with zero attached hydrogens (tertiary/aromatic N) is 3. The first-order chi connectivity index (χ1) is 11.0. The average Bonchev–Trinajstić information content (AvgIpc) is 2.55. The molecule has 23 heavy (non-hydrogen) atoms. The monoisotopic (exact) mass is 316 g/mol. The zero-order valence-electron chi connectivity index (χ0n) is 13.0. The average molecular weight is 316 g/mol. The molecule has 0 amide bonds. The predicted octanol–water partition coefficient (Wildman–Crippen LogP) is 3.34. The van der Waals surface area contributed by atoms with E-state index < -0.39 is 10.6 Å². The van der Waals surface area contributed by atoms with Gasteiger partial charge in [0.2, 0.25) is 0 Å². The Morgan fingerprint density at radius 2 is 2.09 bits per heavy atom. The maximum Gasteiger partial charge on any atom is 0.295 e. The Labute approximate surface area is 134 Å². The lowest BCUT2D eigenvalue weighted by molar-refractivity contribution is -0.554. The first-order valence-electron chi connectivity index (χ1n) is 7.44. The minimum absolute atomic E-state index is 0.0589. The Morgan fingerprint density at radius 3 is 2.74 bits per heavy atom. The molecule has 1 aliphatic carbocycles. The molecule has 0 aromatic heterocycles. The quantitative estimate of drug-likeness (QED) is 0.274. The molecule has 0 saturated heterocycles. The fourth-order valence-corrected chi connectivity index (χ4v) is 2.13. The molecule has 1 aromatic rings. The third-order valence-electron chi connectivity index (χ3n) is 3.38.